The third-order valence-corrected chi connectivity index (χ3v) is 6.28. The summed E-state index contributed by atoms with van der Waals surface area (Å²) in [6.45, 7) is -0.415. The summed E-state index contributed by atoms with van der Waals surface area (Å²) in [6, 6.07) is 16.1. The number of methoxy groups -OCH3 is 2. The zero-order chi connectivity index (χ0) is 25.1. The highest BCUT2D eigenvalue weighted by molar-refractivity contribution is 6.08. The van der Waals surface area contributed by atoms with Gasteiger partial charge in [-0.05, 0) is 66.8 Å². The number of carbonyl (C=O) groups is 2. The number of ether oxygens (including phenoxy) is 3. The highest BCUT2D eigenvalue weighted by Crippen LogP contribution is 2.36. The first kappa shape index (κ1) is 23.4. The molecule has 0 aliphatic heterocycles. The lowest BCUT2D eigenvalue weighted by Crippen LogP contribution is -2.19. The van der Waals surface area contributed by atoms with Crippen LogP contribution in [0, 0.1) is 0 Å². The van der Waals surface area contributed by atoms with E-state index in [0.29, 0.717) is 39.9 Å². The highest BCUT2D eigenvalue weighted by atomic mass is 16.5. The Morgan fingerprint density at radius 3 is 2.67 bits per heavy atom. The van der Waals surface area contributed by atoms with Gasteiger partial charge < -0.3 is 18.6 Å². The number of hydrogen-bond donors (Lipinski definition) is 0. The average Bonchev–Trinajstić information content (AvgIpc) is 3.43. The average molecular weight is 484 g/mol. The van der Waals surface area contributed by atoms with Crippen molar-refractivity contribution >= 4 is 34.3 Å². The molecule has 2 heterocycles. The molecular weight excluding hydrogens is 458 g/mol. The lowest BCUT2D eigenvalue weighted by molar-refractivity contribution is 0.0474. The number of rotatable bonds is 7. The van der Waals surface area contributed by atoms with E-state index in [2.05, 4.69) is 0 Å². The van der Waals surface area contributed by atoms with Crippen molar-refractivity contribution in [2.45, 2.75) is 19.3 Å². The maximum absolute atomic E-state index is 13.5. The van der Waals surface area contributed by atoms with Gasteiger partial charge in [0.25, 0.3) is 0 Å². The van der Waals surface area contributed by atoms with E-state index >= 15 is 0 Å². The minimum atomic E-state index is -0.551. The number of nitrogens with zero attached hydrogens (tertiary/aromatic N) is 1. The molecule has 0 spiro atoms. The number of esters is 1. The molecule has 2 aromatic heterocycles. The Hall–Kier alpha value is -4.39. The summed E-state index contributed by atoms with van der Waals surface area (Å²) in [4.78, 5) is 31.3. The van der Waals surface area contributed by atoms with E-state index < -0.39 is 12.6 Å². The second-order valence-electron chi connectivity index (χ2n) is 8.44. The predicted octanol–water partition coefficient (Wildman–Crippen LogP) is 5.76. The minimum Gasteiger partial charge on any atom is -0.497 e. The van der Waals surface area contributed by atoms with Crippen molar-refractivity contribution < 1.29 is 28.2 Å². The van der Waals surface area contributed by atoms with Crippen molar-refractivity contribution in [1.29, 1.82) is 0 Å². The first-order valence-electron chi connectivity index (χ1n) is 11.7. The second kappa shape index (κ2) is 10.1. The standard InChI is InChI=1S/C29H25NO6/c1-33-19-12-13-22(26(16-19)34-2)25(31)17-36-29(32)27-21-9-3-4-11-24(21)30-28-18(7-5-10-23(27)28)15-20-8-6-14-35-20/h3-4,6,8-9,11-16H,5,7,10,17H2,1-2H3. The quantitative estimate of drug-likeness (QED) is 0.244. The summed E-state index contributed by atoms with van der Waals surface area (Å²) in [5.74, 6) is 0.734. The Bertz CT molecular complexity index is 1470. The molecule has 0 fully saturated rings. The van der Waals surface area contributed by atoms with E-state index in [4.69, 9.17) is 23.6 Å². The number of pyridine rings is 1. The molecule has 0 unspecified atom stereocenters. The first-order valence-corrected chi connectivity index (χ1v) is 11.7. The number of allylic oxidation sites excluding steroid dienone is 1. The fraction of sp³-hybridized carbons (Fsp3) is 0.207. The maximum Gasteiger partial charge on any atom is 0.339 e. The Morgan fingerprint density at radius 2 is 1.89 bits per heavy atom. The van der Waals surface area contributed by atoms with Gasteiger partial charge in [-0.2, -0.15) is 0 Å². The molecule has 0 N–H and O–H groups in total. The van der Waals surface area contributed by atoms with E-state index in [1.54, 1.807) is 24.5 Å². The molecular formula is C29H25NO6. The number of carbonyl (C=O) groups excluding carboxylic acids is 2. The van der Waals surface area contributed by atoms with E-state index in [-0.39, 0.29) is 5.78 Å². The number of para-hydroxylation sites is 1. The van der Waals surface area contributed by atoms with Gasteiger partial charge in [0.2, 0.25) is 5.78 Å². The predicted molar refractivity (Wildman–Crippen MR) is 135 cm³/mol. The van der Waals surface area contributed by atoms with E-state index in [1.807, 2.05) is 42.5 Å². The molecule has 5 rings (SSSR count). The lowest BCUT2D eigenvalue weighted by atomic mass is 9.86. The molecule has 7 heteroatoms. The van der Waals surface area contributed by atoms with E-state index in [9.17, 15) is 9.59 Å². The number of ketones is 1. The smallest absolute Gasteiger partial charge is 0.339 e. The van der Waals surface area contributed by atoms with Crippen molar-refractivity contribution in [3.05, 3.63) is 89.0 Å². The Labute approximate surface area is 208 Å². The van der Waals surface area contributed by atoms with Crippen molar-refractivity contribution in [3.8, 4) is 11.5 Å². The number of Topliss-reactive ketones (excluding diaryl/α,β-unsaturated/α-hetero) is 1. The fourth-order valence-corrected chi connectivity index (χ4v) is 4.56. The molecule has 1 aliphatic carbocycles. The van der Waals surface area contributed by atoms with Gasteiger partial charge in [0.15, 0.2) is 6.61 Å². The van der Waals surface area contributed by atoms with Gasteiger partial charge in [-0.15, -0.1) is 0 Å². The van der Waals surface area contributed by atoms with Crippen LogP contribution in [0.1, 0.15) is 50.6 Å². The van der Waals surface area contributed by atoms with Crippen LogP contribution in [0.15, 0.2) is 65.3 Å². The summed E-state index contributed by atoms with van der Waals surface area (Å²) in [5.41, 5.74) is 4.07. The number of furan rings is 1. The topological polar surface area (TPSA) is 87.9 Å². The molecule has 0 bridgehead atoms. The monoisotopic (exact) mass is 483 g/mol. The van der Waals surface area contributed by atoms with E-state index in [0.717, 1.165) is 35.4 Å². The molecule has 2 aromatic carbocycles. The summed E-state index contributed by atoms with van der Waals surface area (Å²) in [5, 5.41) is 0.704. The Kier molecular flexibility index (Phi) is 6.54. The normalized spacial score (nSPS) is 13.9. The van der Waals surface area contributed by atoms with Crippen LogP contribution in [0.5, 0.6) is 11.5 Å². The van der Waals surface area contributed by atoms with Gasteiger partial charge in [0.1, 0.15) is 17.3 Å². The first-order chi connectivity index (χ1) is 17.6. The van der Waals surface area contributed by atoms with Gasteiger partial charge >= 0.3 is 5.97 Å². The van der Waals surface area contributed by atoms with Crippen molar-refractivity contribution in [3.63, 3.8) is 0 Å². The number of fused-ring (bicyclic) bond motifs is 2. The fourth-order valence-electron chi connectivity index (χ4n) is 4.56. The van der Waals surface area contributed by atoms with Gasteiger partial charge in [0.05, 0.1) is 42.8 Å². The van der Waals surface area contributed by atoms with Crippen molar-refractivity contribution in [2.75, 3.05) is 20.8 Å². The third kappa shape index (κ3) is 4.47. The molecule has 182 valence electrons. The molecule has 7 nitrogen and oxygen atoms in total. The van der Waals surface area contributed by atoms with Crippen LogP contribution in [0.4, 0.5) is 0 Å². The van der Waals surface area contributed by atoms with Crippen LogP contribution in [0.25, 0.3) is 22.6 Å². The van der Waals surface area contributed by atoms with Gasteiger partial charge in [-0.3, -0.25) is 4.79 Å². The molecule has 1 aliphatic rings. The molecule has 0 amide bonds. The molecule has 0 atom stereocenters. The van der Waals surface area contributed by atoms with Crippen LogP contribution in [-0.4, -0.2) is 37.6 Å². The van der Waals surface area contributed by atoms with Crippen LogP contribution >= 0.6 is 0 Å². The summed E-state index contributed by atoms with van der Waals surface area (Å²) in [7, 11) is 3.01. The third-order valence-electron chi connectivity index (χ3n) is 6.28. The van der Waals surface area contributed by atoms with E-state index in [1.165, 1.54) is 14.2 Å². The number of benzene rings is 2. The SMILES string of the molecule is COc1ccc(C(=O)COC(=O)c2c3c(nc4ccccc24)C(=Cc2ccco2)CCC3)c(OC)c1. The molecule has 4 aromatic rings. The van der Waals surface area contributed by atoms with Gasteiger partial charge in [0, 0.05) is 11.5 Å². The van der Waals surface area contributed by atoms with Crippen LogP contribution in [-0.2, 0) is 11.2 Å². The van der Waals surface area contributed by atoms with Crippen LogP contribution < -0.4 is 9.47 Å². The van der Waals surface area contributed by atoms with Gasteiger partial charge in [-0.25, -0.2) is 9.78 Å². The summed E-state index contributed by atoms with van der Waals surface area (Å²) < 4.78 is 21.6. The Morgan fingerprint density at radius 1 is 1.03 bits per heavy atom. The minimum absolute atomic E-state index is 0.316. The number of hydrogen-bond acceptors (Lipinski definition) is 7. The van der Waals surface area contributed by atoms with Crippen molar-refractivity contribution in [1.82, 2.24) is 4.98 Å². The van der Waals surface area contributed by atoms with Gasteiger partial charge in [-0.1, -0.05) is 18.2 Å². The zero-order valence-corrected chi connectivity index (χ0v) is 20.1. The largest absolute Gasteiger partial charge is 0.497 e. The second-order valence-corrected chi connectivity index (χ2v) is 8.44. The molecule has 0 saturated heterocycles. The van der Waals surface area contributed by atoms with Crippen molar-refractivity contribution in [2.24, 2.45) is 0 Å². The summed E-state index contributed by atoms with van der Waals surface area (Å²) >= 11 is 0. The highest BCUT2D eigenvalue weighted by Gasteiger charge is 2.27. The summed E-state index contributed by atoms with van der Waals surface area (Å²) in [6.07, 6.45) is 5.97. The Balaban J connectivity index is 1.49. The molecule has 0 radical (unpaired) electrons. The maximum atomic E-state index is 13.5. The van der Waals surface area contributed by atoms with Crippen LogP contribution in [0.3, 0.4) is 0 Å². The molecule has 36 heavy (non-hydrogen) atoms. The lowest BCUT2D eigenvalue weighted by Gasteiger charge is -2.22. The number of aromatic nitrogens is 1. The molecule has 0 saturated carbocycles. The zero-order valence-electron chi connectivity index (χ0n) is 20.1. The van der Waals surface area contributed by atoms with Crippen LogP contribution in [0.2, 0.25) is 0 Å².